The molecule has 1 aliphatic rings. The molecule has 0 amide bonds. The van der Waals surface area contributed by atoms with E-state index in [1.165, 1.54) is 11.3 Å². The van der Waals surface area contributed by atoms with Crippen LogP contribution in [0.4, 0.5) is 5.69 Å². The van der Waals surface area contributed by atoms with Crippen molar-refractivity contribution in [2.75, 3.05) is 31.2 Å². The second kappa shape index (κ2) is 7.47. The number of Topliss-reactive ketones (excluding diaryl/α,β-unsaturated/α-hetero) is 1. The Kier molecular flexibility index (Phi) is 6.45. The van der Waals surface area contributed by atoms with Crippen LogP contribution in [0.1, 0.15) is 55.6 Å². The van der Waals surface area contributed by atoms with Crippen LogP contribution in [0.5, 0.6) is 0 Å². The molecule has 0 radical (unpaired) electrons. The number of nitrogens with zero attached hydrogens (tertiary/aromatic N) is 1. The predicted octanol–water partition coefficient (Wildman–Crippen LogP) is 4.14. The van der Waals surface area contributed by atoms with Crippen molar-refractivity contribution in [3.05, 3.63) is 28.8 Å². The molecule has 1 heterocycles. The van der Waals surface area contributed by atoms with Crippen LogP contribution in [0.25, 0.3) is 0 Å². The lowest BCUT2D eigenvalue weighted by Gasteiger charge is -2.36. The highest BCUT2D eigenvalue weighted by molar-refractivity contribution is 5.99. The highest BCUT2D eigenvalue weighted by Gasteiger charge is 2.26. The predicted molar refractivity (Wildman–Crippen MR) is 94.8 cm³/mol. The Morgan fingerprint density at radius 2 is 1.82 bits per heavy atom. The third-order valence-corrected chi connectivity index (χ3v) is 4.19. The van der Waals surface area contributed by atoms with Crippen LogP contribution in [0.3, 0.4) is 0 Å². The summed E-state index contributed by atoms with van der Waals surface area (Å²) in [7, 11) is 0. The van der Waals surface area contributed by atoms with Gasteiger partial charge in [0.05, 0.1) is 13.2 Å². The number of anilines is 1. The largest absolute Gasteiger partial charge is 0.378 e. The topological polar surface area (TPSA) is 29.5 Å². The molecule has 0 atom stereocenters. The number of carbonyl (C=O) groups is 1. The maximum Gasteiger partial charge on any atom is 0.162 e. The highest BCUT2D eigenvalue weighted by atomic mass is 35.5. The third kappa shape index (κ3) is 3.82. The van der Waals surface area contributed by atoms with Crippen LogP contribution in [0, 0.1) is 6.92 Å². The number of halogens is 1. The van der Waals surface area contributed by atoms with Crippen molar-refractivity contribution in [3.8, 4) is 0 Å². The average Bonchev–Trinajstić information content (AvgIpc) is 2.46. The van der Waals surface area contributed by atoms with Gasteiger partial charge in [-0.3, -0.25) is 4.79 Å². The van der Waals surface area contributed by atoms with E-state index in [0.29, 0.717) is 6.42 Å². The summed E-state index contributed by atoms with van der Waals surface area (Å²) in [6.45, 7) is 14.0. The van der Waals surface area contributed by atoms with Gasteiger partial charge in [-0.25, -0.2) is 0 Å². The molecule has 0 unspecified atom stereocenters. The van der Waals surface area contributed by atoms with Crippen molar-refractivity contribution in [2.24, 2.45) is 0 Å². The molecule has 0 N–H and O–H groups in total. The summed E-state index contributed by atoms with van der Waals surface area (Å²) in [5.74, 6) is 0.225. The molecule has 0 aromatic heterocycles. The molecule has 4 heteroatoms. The standard InChI is InChI=1S/C18H27NO2.ClH/c1-6-16(20)14-7-8-15(18(3,4)5)17(13(14)2)19-9-11-21-12-10-19;/h7-8H,6,9-12H2,1-5H3;1H. The van der Waals surface area contributed by atoms with Gasteiger partial charge < -0.3 is 9.64 Å². The number of ether oxygens (including phenoxy) is 1. The van der Waals surface area contributed by atoms with E-state index in [9.17, 15) is 4.79 Å². The van der Waals surface area contributed by atoms with E-state index >= 15 is 0 Å². The second-order valence-corrected chi connectivity index (χ2v) is 6.76. The van der Waals surface area contributed by atoms with Crippen molar-refractivity contribution >= 4 is 23.9 Å². The minimum Gasteiger partial charge on any atom is -0.378 e. The fraction of sp³-hybridized carbons (Fsp3) is 0.611. The quantitative estimate of drug-likeness (QED) is 0.782. The molecule has 0 aliphatic carbocycles. The van der Waals surface area contributed by atoms with Crippen LogP contribution in [0.2, 0.25) is 0 Å². The van der Waals surface area contributed by atoms with E-state index in [1.807, 2.05) is 13.0 Å². The lowest BCUT2D eigenvalue weighted by Crippen LogP contribution is -2.38. The Morgan fingerprint density at radius 1 is 1.23 bits per heavy atom. The van der Waals surface area contributed by atoms with Gasteiger partial charge in [-0.1, -0.05) is 39.8 Å². The SMILES string of the molecule is CCC(=O)c1ccc(C(C)(C)C)c(N2CCOCC2)c1C.Cl. The molecule has 1 aliphatic heterocycles. The first kappa shape index (κ1) is 19.0. The number of ketones is 1. The lowest BCUT2D eigenvalue weighted by atomic mass is 9.82. The molecular formula is C18H28ClNO2. The number of morpholine rings is 1. The molecule has 0 spiro atoms. The molecule has 3 nitrogen and oxygen atoms in total. The summed E-state index contributed by atoms with van der Waals surface area (Å²) in [4.78, 5) is 14.6. The maximum absolute atomic E-state index is 12.2. The lowest BCUT2D eigenvalue weighted by molar-refractivity contribution is 0.0987. The molecular weight excluding hydrogens is 298 g/mol. The normalized spacial score (nSPS) is 15.4. The Labute approximate surface area is 140 Å². The Balaban J connectivity index is 0.00000242. The molecule has 1 fully saturated rings. The van der Waals surface area contributed by atoms with Crippen LogP contribution >= 0.6 is 12.4 Å². The van der Waals surface area contributed by atoms with Crippen LogP contribution < -0.4 is 4.90 Å². The van der Waals surface area contributed by atoms with Gasteiger partial charge in [0.25, 0.3) is 0 Å². The minimum absolute atomic E-state index is 0. The van der Waals surface area contributed by atoms with Crippen molar-refractivity contribution in [2.45, 2.75) is 46.5 Å². The van der Waals surface area contributed by atoms with Gasteiger partial charge in [0.15, 0.2) is 5.78 Å². The molecule has 124 valence electrons. The van der Waals surface area contributed by atoms with Crippen molar-refractivity contribution in [1.82, 2.24) is 0 Å². The fourth-order valence-electron chi connectivity index (χ4n) is 2.99. The monoisotopic (exact) mass is 325 g/mol. The van der Waals surface area contributed by atoms with Crippen molar-refractivity contribution in [1.29, 1.82) is 0 Å². The Morgan fingerprint density at radius 3 is 2.32 bits per heavy atom. The van der Waals surface area contributed by atoms with Gasteiger partial charge in [0, 0.05) is 30.8 Å². The summed E-state index contributed by atoms with van der Waals surface area (Å²) >= 11 is 0. The molecule has 1 saturated heterocycles. The molecule has 0 bridgehead atoms. The number of hydrogen-bond acceptors (Lipinski definition) is 3. The van der Waals surface area contributed by atoms with Gasteiger partial charge in [0.2, 0.25) is 0 Å². The molecule has 0 saturated carbocycles. The summed E-state index contributed by atoms with van der Waals surface area (Å²) in [6, 6.07) is 4.15. The van der Waals surface area contributed by atoms with E-state index in [2.05, 4.69) is 38.7 Å². The zero-order valence-corrected chi connectivity index (χ0v) is 15.2. The smallest absolute Gasteiger partial charge is 0.162 e. The molecule has 2 rings (SSSR count). The first-order valence-electron chi connectivity index (χ1n) is 7.86. The minimum atomic E-state index is 0. The van der Waals surface area contributed by atoms with Crippen LogP contribution in [-0.2, 0) is 10.2 Å². The van der Waals surface area contributed by atoms with E-state index < -0.39 is 0 Å². The number of benzene rings is 1. The number of carbonyl (C=O) groups excluding carboxylic acids is 1. The van der Waals surface area contributed by atoms with Crippen LogP contribution in [-0.4, -0.2) is 32.1 Å². The van der Waals surface area contributed by atoms with E-state index in [-0.39, 0.29) is 23.6 Å². The van der Waals surface area contributed by atoms with E-state index in [1.54, 1.807) is 0 Å². The Bertz CT molecular complexity index is 529. The van der Waals surface area contributed by atoms with Gasteiger partial charge >= 0.3 is 0 Å². The van der Waals surface area contributed by atoms with Crippen molar-refractivity contribution in [3.63, 3.8) is 0 Å². The van der Waals surface area contributed by atoms with E-state index in [0.717, 1.165) is 37.4 Å². The highest BCUT2D eigenvalue weighted by Crippen LogP contribution is 2.37. The molecule has 22 heavy (non-hydrogen) atoms. The summed E-state index contributed by atoms with van der Waals surface area (Å²) in [6.07, 6.45) is 0.554. The van der Waals surface area contributed by atoms with Gasteiger partial charge in [-0.15, -0.1) is 12.4 Å². The molecule has 1 aromatic rings. The number of rotatable bonds is 3. The van der Waals surface area contributed by atoms with Gasteiger partial charge in [-0.2, -0.15) is 0 Å². The number of hydrogen-bond donors (Lipinski definition) is 0. The summed E-state index contributed by atoms with van der Waals surface area (Å²) in [5.41, 5.74) is 4.61. The van der Waals surface area contributed by atoms with Crippen molar-refractivity contribution < 1.29 is 9.53 Å². The zero-order valence-electron chi connectivity index (χ0n) is 14.4. The summed E-state index contributed by atoms with van der Waals surface area (Å²) in [5, 5.41) is 0. The second-order valence-electron chi connectivity index (χ2n) is 6.76. The van der Waals surface area contributed by atoms with E-state index in [4.69, 9.17) is 4.74 Å². The maximum atomic E-state index is 12.2. The molecule has 1 aromatic carbocycles. The first-order valence-corrected chi connectivity index (χ1v) is 7.86. The first-order chi connectivity index (χ1) is 9.86. The summed E-state index contributed by atoms with van der Waals surface area (Å²) < 4.78 is 5.48. The zero-order chi connectivity index (χ0) is 15.6. The van der Waals surface area contributed by atoms with Gasteiger partial charge in [-0.05, 0) is 23.5 Å². The van der Waals surface area contributed by atoms with Gasteiger partial charge in [0.1, 0.15) is 0 Å². The third-order valence-electron chi connectivity index (χ3n) is 4.19. The van der Waals surface area contributed by atoms with Crippen LogP contribution in [0.15, 0.2) is 12.1 Å². The fourth-order valence-corrected chi connectivity index (χ4v) is 2.99. The average molecular weight is 326 g/mol. The Hall–Kier alpha value is -1.06.